The summed E-state index contributed by atoms with van der Waals surface area (Å²) in [5, 5.41) is 4.03. The summed E-state index contributed by atoms with van der Waals surface area (Å²) in [6.07, 6.45) is 0. The quantitative estimate of drug-likeness (QED) is 0.711. The molecule has 0 aliphatic carbocycles. The van der Waals surface area contributed by atoms with Crippen molar-refractivity contribution in [3.8, 4) is 0 Å². The third kappa shape index (κ3) is 2.95. The molecule has 6 nitrogen and oxygen atoms in total. The molecular weight excluding hydrogens is 354 g/mol. The van der Waals surface area contributed by atoms with Gasteiger partial charge in [-0.2, -0.15) is 0 Å². The molecule has 1 atom stereocenters. The van der Waals surface area contributed by atoms with E-state index in [0.717, 1.165) is 11.0 Å². The first-order valence-electron chi connectivity index (χ1n) is 9.56. The van der Waals surface area contributed by atoms with Crippen LogP contribution in [0.25, 0.3) is 21.8 Å². The SMILES string of the molecule is CC(C)C1C(=O)NCCN1C(=O)Cn1c2ccccc2c(=O)c2ccccc21. The lowest BCUT2D eigenvalue weighted by molar-refractivity contribution is -0.145. The van der Waals surface area contributed by atoms with Gasteiger partial charge in [-0.05, 0) is 30.2 Å². The number of hydrogen-bond acceptors (Lipinski definition) is 3. The number of carbonyl (C=O) groups excluding carboxylic acids is 2. The van der Waals surface area contributed by atoms with Crippen LogP contribution >= 0.6 is 0 Å². The van der Waals surface area contributed by atoms with E-state index in [0.29, 0.717) is 23.9 Å². The number of pyridine rings is 1. The van der Waals surface area contributed by atoms with Gasteiger partial charge in [0, 0.05) is 23.9 Å². The van der Waals surface area contributed by atoms with E-state index in [9.17, 15) is 14.4 Å². The fourth-order valence-corrected chi connectivity index (χ4v) is 4.10. The molecule has 1 fully saturated rings. The number of piperazine rings is 1. The van der Waals surface area contributed by atoms with Gasteiger partial charge in [-0.3, -0.25) is 14.4 Å². The third-order valence-corrected chi connectivity index (χ3v) is 5.38. The van der Waals surface area contributed by atoms with E-state index >= 15 is 0 Å². The molecular formula is C22H23N3O3. The van der Waals surface area contributed by atoms with Crippen molar-refractivity contribution >= 4 is 33.6 Å². The molecule has 3 aromatic rings. The van der Waals surface area contributed by atoms with Crippen molar-refractivity contribution in [3.63, 3.8) is 0 Å². The minimum Gasteiger partial charge on any atom is -0.353 e. The molecule has 0 bridgehead atoms. The van der Waals surface area contributed by atoms with Crippen LogP contribution in [0.3, 0.4) is 0 Å². The minimum absolute atomic E-state index is 0.0201. The maximum atomic E-state index is 13.2. The zero-order valence-electron chi connectivity index (χ0n) is 16.0. The van der Waals surface area contributed by atoms with Gasteiger partial charge in [-0.15, -0.1) is 0 Å². The molecule has 1 N–H and O–H groups in total. The Morgan fingerprint density at radius 1 is 1.04 bits per heavy atom. The van der Waals surface area contributed by atoms with Gasteiger partial charge in [-0.25, -0.2) is 0 Å². The van der Waals surface area contributed by atoms with Crippen molar-refractivity contribution in [1.82, 2.24) is 14.8 Å². The number of amides is 2. The summed E-state index contributed by atoms with van der Waals surface area (Å²) in [7, 11) is 0. The third-order valence-electron chi connectivity index (χ3n) is 5.38. The van der Waals surface area contributed by atoms with Crippen LogP contribution in [0.5, 0.6) is 0 Å². The molecule has 0 radical (unpaired) electrons. The fourth-order valence-electron chi connectivity index (χ4n) is 4.10. The van der Waals surface area contributed by atoms with Crippen LogP contribution in [0.2, 0.25) is 0 Å². The summed E-state index contributed by atoms with van der Waals surface area (Å²) in [6, 6.07) is 14.2. The van der Waals surface area contributed by atoms with Gasteiger partial charge in [0.2, 0.25) is 11.8 Å². The van der Waals surface area contributed by atoms with Gasteiger partial charge >= 0.3 is 0 Å². The molecule has 28 heavy (non-hydrogen) atoms. The van der Waals surface area contributed by atoms with Crippen molar-refractivity contribution in [2.24, 2.45) is 5.92 Å². The van der Waals surface area contributed by atoms with E-state index in [1.54, 1.807) is 17.0 Å². The van der Waals surface area contributed by atoms with Crippen molar-refractivity contribution in [3.05, 3.63) is 58.8 Å². The Labute approximate surface area is 162 Å². The van der Waals surface area contributed by atoms with Crippen molar-refractivity contribution < 1.29 is 9.59 Å². The highest BCUT2D eigenvalue weighted by Crippen LogP contribution is 2.21. The summed E-state index contributed by atoms with van der Waals surface area (Å²) in [6.45, 7) is 4.92. The van der Waals surface area contributed by atoms with E-state index in [-0.39, 0.29) is 29.7 Å². The molecule has 1 aliphatic heterocycles. The minimum atomic E-state index is -0.474. The van der Waals surface area contributed by atoms with Crippen LogP contribution in [-0.2, 0) is 16.1 Å². The second-order valence-electron chi connectivity index (χ2n) is 7.52. The van der Waals surface area contributed by atoms with Crippen molar-refractivity contribution in [2.75, 3.05) is 13.1 Å². The predicted molar refractivity (Wildman–Crippen MR) is 109 cm³/mol. The molecule has 1 aromatic heterocycles. The molecule has 1 saturated heterocycles. The van der Waals surface area contributed by atoms with E-state index in [4.69, 9.17) is 0 Å². The van der Waals surface area contributed by atoms with Gasteiger partial charge in [0.15, 0.2) is 5.43 Å². The van der Waals surface area contributed by atoms with Crippen LogP contribution in [0, 0.1) is 5.92 Å². The lowest BCUT2D eigenvalue weighted by Gasteiger charge is -2.37. The molecule has 0 spiro atoms. The smallest absolute Gasteiger partial charge is 0.243 e. The highest BCUT2D eigenvalue weighted by Gasteiger charge is 2.35. The first-order valence-corrected chi connectivity index (χ1v) is 9.56. The van der Waals surface area contributed by atoms with Gasteiger partial charge in [0.25, 0.3) is 0 Å². The molecule has 0 saturated carbocycles. The number of aromatic nitrogens is 1. The Hall–Kier alpha value is -3.15. The number of nitrogens with one attached hydrogen (secondary N) is 1. The Kier molecular flexibility index (Phi) is 4.63. The maximum Gasteiger partial charge on any atom is 0.243 e. The standard InChI is InChI=1S/C22H23N3O3/c1-14(2)20-22(28)23-11-12-24(20)19(26)13-25-17-9-5-3-7-15(17)21(27)16-8-4-6-10-18(16)25/h3-10,14,20H,11-13H2,1-2H3,(H,23,28). The van der Waals surface area contributed by atoms with Crippen LogP contribution in [0.1, 0.15) is 13.8 Å². The zero-order valence-corrected chi connectivity index (χ0v) is 16.0. The normalized spacial score (nSPS) is 17.3. The van der Waals surface area contributed by atoms with E-state index in [2.05, 4.69) is 5.32 Å². The molecule has 6 heteroatoms. The fraction of sp³-hybridized carbons (Fsp3) is 0.318. The number of nitrogens with zero attached hydrogens (tertiary/aromatic N) is 2. The number of hydrogen-bond donors (Lipinski definition) is 1. The highest BCUT2D eigenvalue weighted by molar-refractivity contribution is 5.95. The number of carbonyl (C=O) groups is 2. The average molecular weight is 377 g/mol. The molecule has 1 unspecified atom stereocenters. The summed E-state index contributed by atoms with van der Waals surface area (Å²) in [5.41, 5.74) is 1.41. The van der Waals surface area contributed by atoms with E-state index in [1.165, 1.54) is 0 Å². The van der Waals surface area contributed by atoms with Gasteiger partial charge < -0.3 is 14.8 Å². The first-order chi connectivity index (χ1) is 13.5. The summed E-state index contributed by atoms with van der Waals surface area (Å²) < 4.78 is 1.89. The van der Waals surface area contributed by atoms with Crippen LogP contribution in [0.15, 0.2) is 53.3 Å². The summed E-state index contributed by atoms with van der Waals surface area (Å²) in [5.74, 6) is -0.205. The van der Waals surface area contributed by atoms with Gasteiger partial charge in [-0.1, -0.05) is 38.1 Å². The number of benzene rings is 2. The molecule has 1 aliphatic rings. The second-order valence-corrected chi connectivity index (χ2v) is 7.52. The monoisotopic (exact) mass is 377 g/mol. The Morgan fingerprint density at radius 3 is 2.18 bits per heavy atom. The zero-order chi connectivity index (χ0) is 19.8. The highest BCUT2D eigenvalue weighted by atomic mass is 16.2. The van der Waals surface area contributed by atoms with E-state index < -0.39 is 6.04 Å². The second kappa shape index (κ2) is 7.11. The van der Waals surface area contributed by atoms with Crippen LogP contribution in [0.4, 0.5) is 0 Å². The van der Waals surface area contributed by atoms with Gasteiger partial charge in [0.05, 0.1) is 11.0 Å². The Morgan fingerprint density at radius 2 is 1.61 bits per heavy atom. The molecule has 2 aromatic carbocycles. The molecule has 144 valence electrons. The van der Waals surface area contributed by atoms with E-state index in [1.807, 2.05) is 54.8 Å². The van der Waals surface area contributed by atoms with Crippen LogP contribution in [-0.4, -0.2) is 40.4 Å². The lowest BCUT2D eigenvalue weighted by atomic mass is 9.99. The lowest BCUT2D eigenvalue weighted by Crippen LogP contribution is -2.59. The number of rotatable bonds is 3. The Bertz CT molecular complexity index is 1070. The largest absolute Gasteiger partial charge is 0.353 e. The number of fused-ring (bicyclic) bond motifs is 2. The summed E-state index contributed by atoms with van der Waals surface area (Å²) >= 11 is 0. The molecule has 4 rings (SSSR count). The van der Waals surface area contributed by atoms with Gasteiger partial charge in [0.1, 0.15) is 12.6 Å². The van der Waals surface area contributed by atoms with Crippen molar-refractivity contribution in [2.45, 2.75) is 26.4 Å². The maximum absolute atomic E-state index is 13.2. The topological polar surface area (TPSA) is 71.4 Å². The summed E-state index contributed by atoms with van der Waals surface area (Å²) in [4.78, 5) is 40.1. The first kappa shape index (κ1) is 18.2. The Balaban J connectivity index is 1.83. The molecule has 2 heterocycles. The predicted octanol–water partition coefficient (Wildman–Crippen LogP) is 2.14. The van der Waals surface area contributed by atoms with Crippen molar-refractivity contribution in [1.29, 1.82) is 0 Å². The number of para-hydroxylation sites is 2. The van der Waals surface area contributed by atoms with Crippen LogP contribution < -0.4 is 10.7 Å². The molecule has 2 amide bonds. The average Bonchev–Trinajstić information content (AvgIpc) is 2.70.